The lowest BCUT2D eigenvalue weighted by molar-refractivity contribution is -0.402. The van der Waals surface area contributed by atoms with Gasteiger partial charge in [-0.2, -0.15) is 0 Å². The SMILES string of the molecule is C.C.C.C.C.C.C.C.CC.CC.CC.CC.Cc1ccc([N+](=O)[O-])o1.Cc1nc(C)c([N+](=O)[O-])s1.Cn1cccc1[N+](=O)[O-].Cn1cnc([N+](=O)[O-])c1.Cn1cncc1[N+](=O)[O-]. The molecule has 22 nitrogen and oxygen atoms in total. The van der Waals surface area contributed by atoms with Gasteiger partial charge in [0.1, 0.15) is 28.8 Å². The van der Waals surface area contributed by atoms with E-state index >= 15 is 0 Å². The molecule has 5 aromatic rings. The number of imidazole rings is 2. The predicted octanol–water partition coefficient (Wildman–Crippen LogP) is 13.9. The first-order chi connectivity index (χ1) is 25.4. The van der Waals surface area contributed by atoms with Gasteiger partial charge in [-0.1, -0.05) is 115 Å². The fourth-order valence-corrected chi connectivity index (χ4v) is 3.60. The third-order valence-electron chi connectivity index (χ3n) is 4.91. The zero-order chi connectivity index (χ0) is 43.1. The van der Waals surface area contributed by atoms with Gasteiger partial charge in [0.05, 0.1) is 36.3 Å². The van der Waals surface area contributed by atoms with Gasteiger partial charge in [-0.15, -0.1) is 0 Å². The zero-order valence-electron chi connectivity index (χ0n) is 33.0. The monoisotopic (exact) mass is 914 g/mol. The molecular formula is C39H83N11O11S. The second-order valence-corrected chi connectivity index (χ2v) is 9.71. The Kier molecular flexibility index (Phi) is 71.4. The molecule has 0 aliphatic heterocycles. The van der Waals surface area contributed by atoms with E-state index < -0.39 is 24.6 Å². The Labute approximate surface area is 375 Å². The molecular weight excluding hydrogens is 831 g/mol. The molecule has 62 heavy (non-hydrogen) atoms. The maximum Gasteiger partial charge on any atom is 0.433 e. The van der Waals surface area contributed by atoms with Gasteiger partial charge in [-0.05, 0) is 64.0 Å². The van der Waals surface area contributed by atoms with E-state index in [1.807, 2.05) is 55.4 Å². The van der Waals surface area contributed by atoms with Gasteiger partial charge in [0.2, 0.25) is 6.33 Å². The topological polar surface area (TPSA) is 282 Å². The van der Waals surface area contributed by atoms with Crippen LogP contribution in [0.15, 0.2) is 59.9 Å². The third-order valence-corrected chi connectivity index (χ3v) is 5.94. The summed E-state index contributed by atoms with van der Waals surface area (Å²) in [5, 5.41) is 51.1. The molecule has 5 rings (SSSR count). The number of hydrogen-bond donors (Lipinski definition) is 0. The number of aryl methyl sites for hydroxylation is 6. The quantitative estimate of drug-likeness (QED) is 0.117. The number of nitrogens with zero attached hydrogens (tertiary/aromatic N) is 11. The van der Waals surface area contributed by atoms with E-state index in [1.54, 1.807) is 60.2 Å². The van der Waals surface area contributed by atoms with Gasteiger partial charge in [0.15, 0.2) is 6.33 Å². The second kappa shape index (κ2) is 50.8. The Bertz CT molecular complexity index is 1700. The van der Waals surface area contributed by atoms with Crippen molar-refractivity contribution >= 4 is 39.7 Å². The molecule has 0 bridgehead atoms. The zero-order valence-corrected chi connectivity index (χ0v) is 33.8. The molecule has 0 aliphatic carbocycles. The van der Waals surface area contributed by atoms with Crippen LogP contribution in [-0.2, 0) is 21.1 Å². The largest absolute Gasteiger partial charge is 0.433 e. The highest BCUT2D eigenvalue weighted by atomic mass is 32.1. The molecule has 0 fully saturated rings. The lowest BCUT2D eigenvalue weighted by Crippen LogP contribution is -1.94. The molecule has 0 atom stereocenters. The minimum atomic E-state index is -0.562. The van der Waals surface area contributed by atoms with Crippen LogP contribution in [0.2, 0.25) is 0 Å². The first kappa shape index (κ1) is 87.2. The van der Waals surface area contributed by atoms with E-state index in [4.69, 9.17) is 0 Å². The number of hydrogen-bond acceptors (Lipinski definition) is 15. The summed E-state index contributed by atoms with van der Waals surface area (Å²) in [5.74, 6) is 0.372. The van der Waals surface area contributed by atoms with Crippen molar-refractivity contribution < 1.29 is 29.0 Å². The van der Waals surface area contributed by atoms with Crippen LogP contribution in [0.3, 0.4) is 0 Å². The predicted molar refractivity (Wildman–Crippen MR) is 259 cm³/mol. The summed E-state index contributed by atoms with van der Waals surface area (Å²) in [6.07, 6.45) is 6.97. The molecule has 0 saturated carbocycles. The van der Waals surface area contributed by atoms with Crippen LogP contribution in [0.1, 0.15) is 131 Å². The molecule has 0 aliphatic rings. The van der Waals surface area contributed by atoms with E-state index in [-0.39, 0.29) is 87.8 Å². The van der Waals surface area contributed by atoms with Crippen molar-refractivity contribution in [2.45, 2.75) is 136 Å². The van der Waals surface area contributed by atoms with Crippen molar-refractivity contribution in [2.24, 2.45) is 21.1 Å². The summed E-state index contributed by atoms with van der Waals surface area (Å²) >= 11 is 1.11. The molecule has 5 heterocycles. The first-order valence-electron chi connectivity index (χ1n) is 16.2. The van der Waals surface area contributed by atoms with E-state index in [2.05, 4.69) is 19.4 Å². The van der Waals surface area contributed by atoms with Crippen molar-refractivity contribution in [2.75, 3.05) is 0 Å². The Morgan fingerprint density at radius 2 is 1.06 bits per heavy atom. The summed E-state index contributed by atoms with van der Waals surface area (Å²) in [4.78, 5) is 58.7. The van der Waals surface area contributed by atoms with Crippen molar-refractivity contribution in [1.29, 1.82) is 0 Å². The maximum atomic E-state index is 10.2. The minimum absolute atomic E-state index is 0. The lowest BCUT2D eigenvalue weighted by atomic mass is 10.5. The van der Waals surface area contributed by atoms with Gasteiger partial charge < -0.3 is 39.3 Å². The summed E-state index contributed by atoms with van der Waals surface area (Å²) in [6, 6.07) is 5.98. The average Bonchev–Trinajstić information content (AvgIpc) is 3.99. The Morgan fingerprint density at radius 1 is 0.597 bits per heavy atom. The van der Waals surface area contributed by atoms with Crippen LogP contribution in [0.5, 0.6) is 0 Å². The normalized spacial score (nSPS) is 7.45. The summed E-state index contributed by atoms with van der Waals surface area (Å²) in [5.41, 5.74) is 0.507. The Morgan fingerprint density at radius 3 is 1.23 bits per heavy atom. The van der Waals surface area contributed by atoms with Gasteiger partial charge in [-0.25, -0.2) is 19.1 Å². The van der Waals surface area contributed by atoms with Gasteiger partial charge >= 0.3 is 28.3 Å². The van der Waals surface area contributed by atoms with Crippen molar-refractivity contribution in [1.82, 2.24) is 28.7 Å². The number of aromatic nitrogens is 6. The highest BCUT2D eigenvalue weighted by molar-refractivity contribution is 7.15. The average molecular weight is 914 g/mol. The van der Waals surface area contributed by atoms with Crippen LogP contribution in [0, 0.1) is 71.3 Å². The van der Waals surface area contributed by atoms with Crippen LogP contribution >= 0.6 is 11.3 Å². The number of nitro groups is 5. The van der Waals surface area contributed by atoms with Crippen molar-refractivity contribution in [3.8, 4) is 0 Å². The molecule has 23 heteroatoms. The molecule has 0 saturated heterocycles. The number of furan rings is 1. The van der Waals surface area contributed by atoms with Crippen molar-refractivity contribution in [3.63, 3.8) is 0 Å². The second-order valence-electron chi connectivity index (χ2n) is 8.53. The minimum Gasteiger partial charge on any atom is -0.406 e. The van der Waals surface area contributed by atoms with E-state index in [0.29, 0.717) is 11.5 Å². The number of thiazole rings is 1. The van der Waals surface area contributed by atoms with Gasteiger partial charge in [0.25, 0.3) is 0 Å². The first-order valence-corrected chi connectivity index (χ1v) is 17.0. The summed E-state index contributed by atoms with van der Waals surface area (Å²) in [7, 11) is 4.89. The molecule has 0 aromatic carbocycles. The molecule has 0 radical (unpaired) electrons. The summed E-state index contributed by atoms with van der Waals surface area (Å²) in [6.45, 7) is 21.1. The van der Waals surface area contributed by atoms with Gasteiger partial charge in [0, 0.05) is 13.1 Å². The molecule has 5 aromatic heterocycles. The highest BCUT2D eigenvalue weighted by Gasteiger charge is 2.14. The summed E-state index contributed by atoms with van der Waals surface area (Å²) < 4.78 is 8.98. The Hall–Kier alpha value is -6.39. The van der Waals surface area contributed by atoms with Crippen molar-refractivity contribution in [3.05, 3.63) is 123 Å². The van der Waals surface area contributed by atoms with Crippen LogP contribution in [0.25, 0.3) is 0 Å². The van der Waals surface area contributed by atoms with Gasteiger partial charge in [-0.3, -0.25) is 20.2 Å². The van der Waals surface area contributed by atoms with Crippen LogP contribution in [-0.4, -0.2) is 53.3 Å². The lowest BCUT2D eigenvalue weighted by Gasteiger charge is -1.91. The molecule has 366 valence electrons. The fourth-order valence-electron chi connectivity index (χ4n) is 2.87. The third kappa shape index (κ3) is 36.7. The molecule has 0 unspecified atom stereocenters. The highest BCUT2D eigenvalue weighted by Crippen LogP contribution is 2.24. The molecule has 0 spiro atoms. The van der Waals surface area contributed by atoms with Crippen LogP contribution in [0.4, 0.5) is 28.3 Å². The van der Waals surface area contributed by atoms with Crippen LogP contribution < -0.4 is 0 Å². The molecule has 0 N–H and O–H groups in total. The smallest absolute Gasteiger partial charge is 0.406 e. The Balaban J connectivity index is -0.0000000469. The number of rotatable bonds is 5. The fraction of sp³-hybridized carbons (Fsp3) is 0.564. The van der Waals surface area contributed by atoms with E-state index in [0.717, 1.165) is 16.3 Å². The maximum absolute atomic E-state index is 10.2. The van der Waals surface area contributed by atoms with E-state index in [1.165, 1.54) is 50.9 Å². The van der Waals surface area contributed by atoms with E-state index in [9.17, 15) is 50.6 Å². The molecule has 0 amide bonds. The standard InChI is InChI=1S/C5H6N2O2S.C5H6N2O2.C5H5NO3.2C4H5N3O2.4C2H6.8CH4/c1-3-5(7(8)9)10-4(2)6-3;1-6-4-2-3-5(6)7(8)9;1-4-2-3-5(9-4)6(7)8;1-6-2-4(5-3-6)7(8)9;1-6-3-5-2-4(6)7(8)9;4*1-2;;;;;;;;/h1-2H3;2-4H,1H3;3*2-3H,1H3;4*1-2H3;8*1H4.